The van der Waals surface area contributed by atoms with Gasteiger partial charge in [-0.2, -0.15) is 0 Å². The molecule has 2 heteroatoms. The van der Waals surface area contributed by atoms with Crippen molar-refractivity contribution in [2.24, 2.45) is 5.92 Å². The lowest BCUT2D eigenvalue weighted by molar-refractivity contribution is 0.511. The van der Waals surface area contributed by atoms with Gasteiger partial charge in [-0.15, -0.1) is 11.3 Å². The Morgan fingerprint density at radius 3 is 2.50 bits per heavy atom. The molecule has 1 unspecified atom stereocenters. The topological polar surface area (TPSA) is 12.0 Å². The molecule has 0 saturated heterocycles. The molecule has 2 aromatic rings. The van der Waals surface area contributed by atoms with Crippen LogP contribution in [0.15, 0.2) is 41.8 Å². The second-order valence-corrected chi connectivity index (χ2v) is 5.87. The van der Waals surface area contributed by atoms with E-state index in [-0.39, 0.29) is 0 Å². The molecule has 1 aromatic carbocycles. The van der Waals surface area contributed by atoms with E-state index in [9.17, 15) is 0 Å². The summed E-state index contributed by atoms with van der Waals surface area (Å²) in [5.74, 6) is 0.645. The number of rotatable bonds is 5. The van der Waals surface area contributed by atoms with E-state index in [2.05, 4.69) is 67.9 Å². The molecule has 1 N–H and O–H groups in total. The fourth-order valence-electron chi connectivity index (χ4n) is 2.20. The Morgan fingerprint density at radius 2 is 1.89 bits per heavy atom. The van der Waals surface area contributed by atoms with Gasteiger partial charge in [0.1, 0.15) is 0 Å². The van der Waals surface area contributed by atoms with E-state index < -0.39 is 0 Å². The number of nitrogens with one attached hydrogen (secondary N) is 1. The van der Waals surface area contributed by atoms with Gasteiger partial charge < -0.3 is 5.32 Å². The summed E-state index contributed by atoms with van der Waals surface area (Å²) in [5, 5.41) is 5.82. The van der Waals surface area contributed by atoms with Crippen molar-refractivity contribution in [2.75, 3.05) is 5.32 Å². The van der Waals surface area contributed by atoms with Crippen molar-refractivity contribution in [3.8, 4) is 10.4 Å². The smallest absolute Gasteiger partial charge is 0.0430 e. The van der Waals surface area contributed by atoms with E-state index in [1.807, 2.05) is 0 Å². The minimum atomic E-state index is 0.533. The lowest BCUT2D eigenvalue weighted by Crippen LogP contribution is -2.24. The number of thiophene rings is 1. The summed E-state index contributed by atoms with van der Waals surface area (Å²) in [4.78, 5) is 1.33. The zero-order chi connectivity index (χ0) is 13.0. The summed E-state index contributed by atoms with van der Waals surface area (Å²) in [6, 6.07) is 13.4. The zero-order valence-corrected chi connectivity index (χ0v) is 12.1. The molecule has 0 aliphatic carbocycles. The first-order valence-electron chi connectivity index (χ1n) is 6.61. The van der Waals surface area contributed by atoms with Gasteiger partial charge in [-0.25, -0.2) is 0 Å². The van der Waals surface area contributed by atoms with Gasteiger partial charge in [0.2, 0.25) is 0 Å². The summed E-state index contributed by atoms with van der Waals surface area (Å²) in [5.41, 5.74) is 2.56. The van der Waals surface area contributed by atoms with Crippen molar-refractivity contribution in [3.05, 3.63) is 41.8 Å². The van der Waals surface area contributed by atoms with E-state index in [0.29, 0.717) is 12.0 Å². The molecule has 0 aliphatic heterocycles. The molecule has 18 heavy (non-hydrogen) atoms. The largest absolute Gasteiger partial charge is 0.382 e. The Morgan fingerprint density at radius 1 is 1.11 bits per heavy atom. The monoisotopic (exact) mass is 259 g/mol. The van der Waals surface area contributed by atoms with Crippen LogP contribution < -0.4 is 5.32 Å². The SMILES string of the molecule is CCC(Nc1ccccc1-c1cccs1)C(C)C. The second-order valence-electron chi connectivity index (χ2n) is 4.93. The van der Waals surface area contributed by atoms with Crippen LogP contribution in [-0.4, -0.2) is 6.04 Å². The van der Waals surface area contributed by atoms with Crippen molar-refractivity contribution >= 4 is 17.0 Å². The van der Waals surface area contributed by atoms with Gasteiger partial charge in [-0.1, -0.05) is 45.0 Å². The van der Waals surface area contributed by atoms with Crippen LogP contribution >= 0.6 is 11.3 Å². The molecule has 0 aliphatic rings. The van der Waals surface area contributed by atoms with Gasteiger partial charge in [0.05, 0.1) is 0 Å². The van der Waals surface area contributed by atoms with Crippen molar-refractivity contribution in [1.82, 2.24) is 0 Å². The van der Waals surface area contributed by atoms with Crippen LogP contribution in [0.4, 0.5) is 5.69 Å². The van der Waals surface area contributed by atoms with E-state index >= 15 is 0 Å². The Kier molecular flexibility index (Phi) is 4.43. The van der Waals surface area contributed by atoms with Crippen LogP contribution in [0.1, 0.15) is 27.2 Å². The molecule has 1 heterocycles. The van der Waals surface area contributed by atoms with Crippen LogP contribution in [0.2, 0.25) is 0 Å². The molecule has 0 bridgehead atoms. The Bertz CT molecular complexity index is 474. The first kappa shape index (κ1) is 13.2. The highest BCUT2D eigenvalue weighted by molar-refractivity contribution is 7.13. The molecule has 0 fully saturated rings. The van der Waals surface area contributed by atoms with Crippen molar-refractivity contribution in [1.29, 1.82) is 0 Å². The van der Waals surface area contributed by atoms with Gasteiger partial charge in [-0.3, -0.25) is 0 Å². The molecule has 0 radical (unpaired) electrons. The van der Waals surface area contributed by atoms with Crippen LogP contribution in [0.25, 0.3) is 10.4 Å². The highest BCUT2D eigenvalue weighted by Gasteiger charge is 2.13. The van der Waals surface area contributed by atoms with Crippen molar-refractivity contribution in [2.45, 2.75) is 33.2 Å². The lowest BCUT2D eigenvalue weighted by atomic mass is 10.0. The average molecular weight is 259 g/mol. The predicted molar refractivity (Wildman–Crippen MR) is 82.3 cm³/mol. The molecule has 96 valence electrons. The average Bonchev–Trinajstić information content (AvgIpc) is 2.89. The third-order valence-electron chi connectivity index (χ3n) is 3.30. The Balaban J connectivity index is 2.28. The van der Waals surface area contributed by atoms with E-state index in [1.54, 1.807) is 11.3 Å². The molecule has 1 atom stereocenters. The van der Waals surface area contributed by atoms with Gasteiger partial charge in [0, 0.05) is 22.2 Å². The van der Waals surface area contributed by atoms with Gasteiger partial charge in [-0.05, 0) is 29.9 Å². The van der Waals surface area contributed by atoms with E-state index in [1.165, 1.54) is 16.1 Å². The quantitative estimate of drug-likeness (QED) is 0.772. The highest BCUT2D eigenvalue weighted by atomic mass is 32.1. The summed E-state index contributed by atoms with van der Waals surface area (Å²) < 4.78 is 0. The summed E-state index contributed by atoms with van der Waals surface area (Å²) >= 11 is 1.79. The molecule has 0 saturated carbocycles. The van der Waals surface area contributed by atoms with Crippen LogP contribution in [0, 0.1) is 5.92 Å². The minimum Gasteiger partial charge on any atom is -0.382 e. The fraction of sp³-hybridized carbons (Fsp3) is 0.375. The summed E-state index contributed by atoms with van der Waals surface area (Å²) in [7, 11) is 0. The standard InChI is InChI=1S/C16H21NS/c1-4-14(12(2)3)17-15-9-6-5-8-13(15)16-10-7-11-18-16/h5-12,14,17H,4H2,1-3H3. The summed E-state index contributed by atoms with van der Waals surface area (Å²) in [6.07, 6.45) is 1.15. The first-order chi connectivity index (χ1) is 8.72. The molecular formula is C16H21NS. The van der Waals surface area contributed by atoms with Crippen LogP contribution in [0.3, 0.4) is 0 Å². The zero-order valence-electron chi connectivity index (χ0n) is 11.3. The predicted octanol–water partition coefficient (Wildman–Crippen LogP) is 5.26. The van der Waals surface area contributed by atoms with Crippen molar-refractivity contribution < 1.29 is 0 Å². The minimum absolute atomic E-state index is 0.533. The van der Waals surface area contributed by atoms with Gasteiger partial charge in [0.25, 0.3) is 0 Å². The van der Waals surface area contributed by atoms with Gasteiger partial charge in [0.15, 0.2) is 0 Å². The Hall–Kier alpha value is -1.28. The normalized spacial score (nSPS) is 12.7. The number of para-hydroxylation sites is 1. The molecule has 1 aromatic heterocycles. The molecule has 0 spiro atoms. The van der Waals surface area contributed by atoms with Crippen molar-refractivity contribution in [3.63, 3.8) is 0 Å². The first-order valence-corrected chi connectivity index (χ1v) is 7.49. The molecular weight excluding hydrogens is 238 g/mol. The Labute approximate surface area is 114 Å². The third kappa shape index (κ3) is 2.94. The summed E-state index contributed by atoms with van der Waals surface area (Å²) in [6.45, 7) is 6.79. The van der Waals surface area contributed by atoms with Crippen LogP contribution in [-0.2, 0) is 0 Å². The lowest BCUT2D eigenvalue weighted by Gasteiger charge is -2.23. The van der Waals surface area contributed by atoms with Crippen LogP contribution in [0.5, 0.6) is 0 Å². The number of benzene rings is 1. The number of hydrogen-bond acceptors (Lipinski definition) is 2. The maximum atomic E-state index is 3.69. The van der Waals surface area contributed by atoms with E-state index in [4.69, 9.17) is 0 Å². The molecule has 1 nitrogen and oxygen atoms in total. The fourth-order valence-corrected chi connectivity index (χ4v) is 2.96. The highest BCUT2D eigenvalue weighted by Crippen LogP contribution is 2.32. The number of anilines is 1. The maximum Gasteiger partial charge on any atom is 0.0430 e. The van der Waals surface area contributed by atoms with Gasteiger partial charge >= 0.3 is 0 Å². The maximum absolute atomic E-state index is 3.69. The van der Waals surface area contributed by atoms with E-state index in [0.717, 1.165) is 6.42 Å². The second kappa shape index (κ2) is 6.05. The molecule has 2 rings (SSSR count). The third-order valence-corrected chi connectivity index (χ3v) is 4.20. The number of hydrogen-bond donors (Lipinski definition) is 1. The molecule has 0 amide bonds.